The van der Waals surface area contributed by atoms with E-state index in [-0.39, 0.29) is 23.5 Å². The van der Waals surface area contributed by atoms with Crippen LogP contribution in [0.3, 0.4) is 0 Å². The number of rotatable bonds is 6. The molecule has 3 N–H and O–H groups in total. The molecule has 0 radical (unpaired) electrons. The zero-order valence-corrected chi connectivity index (χ0v) is 17.5. The quantitative estimate of drug-likeness (QED) is 0.576. The number of nitrogen functional groups attached to an aromatic ring is 1. The summed E-state index contributed by atoms with van der Waals surface area (Å²) in [6, 6.07) is 14.1. The Morgan fingerprint density at radius 3 is 2.56 bits per heavy atom. The molecular formula is C24H23N5O3. The van der Waals surface area contributed by atoms with Crippen molar-refractivity contribution in [1.29, 1.82) is 0 Å². The molecule has 1 aliphatic rings. The second kappa shape index (κ2) is 9.30. The molecule has 3 aromatic rings. The third-order valence-electron chi connectivity index (χ3n) is 5.16. The van der Waals surface area contributed by atoms with Crippen molar-refractivity contribution in [2.24, 2.45) is 0 Å². The van der Waals surface area contributed by atoms with Crippen LogP contribution in [0.15, 0.2) is 67.5 Å². The van der Waals surface area contributed by atoms with E-state index in [0.717, 1.165) is 31.5 Å². The molecule has 0 atom stereocenters. The highest BCUT2D eigenvalue weighted by atomic mass is 16.5. The third-order valence-corrected chi connectivity index (χ3v) is 5.16. The summed E-state index contributed by atoms with van der Waals surface area (Å²) in [4.78, 5) is 34.4. The number of anilines is 2. The lowest BCUT2D eigenvalue weighted by atomic mass is 10.0. The molecule has 32 heavy (non-hydrogen) atoms. The average molecular weight is 429 g/mol. The molecule has 4 rings (SSSR count). The Hall–Kier alpha value is -4.20. The summed E-state index contributed by atoms with van der Waals surface area (Å²) in [6.07, 6.45) is 4.60. The summed E-state index contributed by atoms with van der Waals surface area (Å²) < 4.78 is 5.98. The first-order valence-corrected chi connectivity index (χ1v) is 10.3. The Labute approximate surface area is 185 Å². The van der Waals surface area contributed by atoms with Crippen LogP contribution in [0.2, 0.25) is 0 Å². The van der Waals surface area contributed by atoms with Gasteiger partial charge in [-0.1, -0.05) is 24.8 Å². The van der Waals surface area contributed by atoms with E-state index in [1.165, 1.54) is 12.4 Å². The lowest BCUT2D eigenvalue weighted by molar-refractivity contribution is -0.111. The van der Waals surface area contributed by atoms with Gasteiger partial charge in [-0.25, -0.2) is 9.97 Å². The van der Waals surface area contributed by atoms with E-state index in [0.29, 0.717) is 22.6 Å². The normalized spacial score (nSPS) is 12.9. The van der Waals surface area contributed by atoms with E-state index in [9.17, 15) is 9.59 Å². The number of carbonyl (C=O) groups is 2. The number of aromatic nitrogens is 2. The van der Waals surface area contributed by atoms with Crippen molar-refractivity contribution < 1.29 is 14.3 Å². The Morgan fingerprint density at radius 2 is 1.84 bits per heavy atom. The molecule has 8 heteroatoms. The maximum Gasteiger partial charge on any atom is 0.253 e. The summed E-state index contributed by atoms with van der Waals surface area (Å²) >= 11 is 0. The largest absolute Gasteiger partial charge is 0.438 e. The summed E-state index contributed by atoms with van der Waals surface area (Å²) in [7, 11) is 0. The van der Waals surface area contributed by atoms with Crippen molar-refractivity contribution in [3.8, 4) is 22.8 Å². The lowest BCUT2D eigenvalue weighted by Crippen LogP contribution is -2.27. The van der Waals surface area contributed by atoms with Gasteiger partial charge in [0.2, 0.25) is 11.8 Å². The molecule has 8 nitrogen and oxygen atoms in total. The van der Waals surface area contributed by atoms with Gasteiger partial charge in [0.25, 0.3) is 5.91 Å². The molecule has 1 fully saturated rings. The van der Waals surface area contributed by atoms with Crippen LogP contribution >= 0.6 is 0 Å². The second-order valence-corrected chi connectivity index (χ2v) is 7.34. The molecule has 162 valence electrons. The smallest absolute Gasteiger partial charge is 0.253 e. The molecule has 1 aromatic heterocycles. The van der Waals surface area contributed by atoms with Gasteiger partial charge in [-0.05, 0) is 48.7 Å². The van der Waals surface area contributed by atoms with Gasteiger partial charge in [0.15, 0.2) is 0 Å². The molecule has 0 unspecified atom stereocenters. The topological polar surface area (TPSA) is 110 Å². The van der Waals surface area contributed by atoms with Gasteiger partial charge in [-0.15, -0.1) is 0 Å². The number of hydrogen-bond acceptors (Lipinski definition) is 6. The number of amides is 2. The number of ether oxygens (including phenoxy) is 1. The van der Waals surface area contributed by atoms with Crippen LogP contribution in [-0.2, 0) is 4.79 Å². The molecule has 0 bridgehead atoms. The monoisotopic (exact) mass is 429 g/mol. The van der Waals surface area contributed by atoms with Gasteiger partial charge in [0.1, 0.15) is 17.9 Å². The minimum atomic E-state index is -0.322. The first kappa shape index (κ1) is 21.0. The number of likely N-dealkylation sites (tertiary alicyclic amines) is 1. The second-order valence-electron chi connectivity index (χ2n) is 7.34. The van der Waals surface area contributed by atoms with Crippen LogP contribution in [0.4, 0.5) is 11.5 Å². The highest BCUT2D eigenvalue weighted by molar-refractivity contribution is 5.99. The highest BCUT2D eigenvalue weighted by Gasteiger charge is 2.20. The van der Waals surface area contributed by atoms with E-state index in [1.54, 1.807) is 36.4 Å². The summed E-state index contributed by atoms with van der Waals surface area (Å²) in [5, 5.41) is 2.68. The van der Waals surface area contributed by atoms with Crippen LogP contribution in [-0.4, -0.2) is 39.8 Å². The summed E-state index contributed by atoms with van der Waals surface area (Å²) in [5.41, 5.74) is 8.57. The van der Waals surface area contributed by atoms with Crippen LogP contribution in [0.5, 0.6) is 11.6 Å². The zero-order valence-electron chi connectivity index (χ0n) is 17.5. The van der Waals surface area contributed by atoms with E-state index >= 15 is 0 Å². The number of nitrogens with two attached hydrogens (primary N) is 1. The number of carbonyl (C=O) groups excluding carboxylic acids is 2. The fraction of sp³-hybridized carbons (Fsp3) is 0.167. The van der Waals surface area contributed by atoms with Crippen molar-refractivity contribution in [3.05, 3.63) is 73.1 Å². The van der Waals surface area contributed by atoms with Crippen molar-refractivity contribution in [2.45, 2.75) is 12.8 Å². The lowest BCUT2D eigenvalue weighted by Gasteiger charge is -2.16. The fourth-order valence-electron chi connectivity index (χ4n) is 3.56. The Balaban J connectivity index is 1.60. The highest BCUT2D eigenvalue weighted by Crippen LogP contribution is 2.35. The van der Waals surface area contributed by atoms with Gasteiger partial charge in [-0.3, -0.25) is 9.59 Å². The van der Waals surface area contributed by atoms with Crippen LogP contribution < -0.4 is 15.8 Å². The Morgan fingerprint density at radius 1 is 1.09 bits per heavy atom. The zero-order chi connectivity index (χ0) is 22.5. The minimum absolute atomic E-state index is 0.0289. The minimum Gasteiger partial charge on any atom is -0.438 e. The van der Waals surface area contributed by atoms with Crippen molar-refractivity contribution in [3.63, 3.8) is 0 Å². The average Bonchev–Trinajstić information content (AvgIpc) is 3.34. The molecule has 0 aliphatic carbocycles. The van der Waals surface area contributed by atoms with E-state index < -0.39 is 0 Å². The molecule has 2 heterocycles. The van der Waals surface area contributed by atoms with Gasteiger partial charge in [0.05, 0.1) is 5.56 Å². The van der Waals surface area contributed by atoms with E-state index in [1.807, 2.05) is 17.0 Å². The first-order valence-electron chi connectivity index (χ1n) is 10.3. The number of hydrogen-bond donors (Lipinski definition) is 2. The van der Waals surface area contributed by atoms with E-state index in [4.69, 9.17) is 10.5 Å². The molecule has 2 aromatic carbocycles. The molecule has 1 saturated heterocycles. The van der Waals surface area contributed by atoms with Crippen molar-refractivity contribution in [1.82, 2.24) is 14.9 Å². The third kappa shape index (κ3) is 4.59. The maximum absolute atomic E-state index is 12.6. The van der Waals surface area contributed by atoms with Gasteiger partial charge in [0, 0.05) is 30.4 Å². The van der Waals surface area contributed by atoms with Crippen LogP contribution in [0, 0.1) is 0 Å². The summed E-state index contributed by atoms with van der Waals surface area (Å²) in [5.74, 6) is 0.693. The Bertz CT molecular complexity index is 1150. The number of nitrogens with one attached hydrogen (secondary N) is 1. The molecular weight excluding hydrogens is 406 g/mol. The van der Waals surface area contributed by atoms with Gasteiger partial charge >= 0.3 is 0 Å². The van der Waals surface area contributed by atoms with Gasteiger partial charge in [-0.2, -0.15) is 0 Å². The van der Waals surface area contributed by atoms with Crippen LogP contribution in [0.1, 0.15) is 23.2 Å². The molecule has 2 amide bonds. The number of nitrogens with zero attached hydrogens (tertiary/aromatic N) is 3. The molecule has 0 spiro atoms. The van der Waals surface area contributed by atoms with Crippen molar-refractivity contribution >= 4 is 23.3 Å². The predicted molar refractivity (Wildman–Crippen MR) is 122 cm³/mol. The maximum atomic E-state index is 12.6. The Kier molecular flexibility index (Phi) is 6.12. The predicted octanol–water partition coefficient (Wildman–Crippen LogP) is 3.88. The SMILES string of the molecule is C=CC(=O)Nc1cccc(Oc2ncnc(N)c2-c2ccc(C(=O)N3CCCC3)cc2)c1. The number of benzene rings is 2. The molecule has 1 aliphatic heterocycles. The van der Waals surface area contributed by atoms with E-state index in [2.05, 4.69) is 21.9 Å². The first-order chi connectivity index (χ1) is 15.5. The standard InChI is InChI=1S/C24H23N5O3/c1-2-20(30)28-18-6-5-7-19(14-18)32-23-21(22(25)26-15-27-23)16-8-10-17(11-9-16)24(31)29-12-3-4-13-29/h2,5-11,14-15H,1,3-4,12-13H2,(H,28,30)(H2,25,26,27). The summed E-state index contributed by atoms with van der Waals surface area (Å²) in [6.45, 7) is 5.04. The van der Waals surface area contributed by atoms with Crippen molar-refractivity contribution in [2.75, 3.05) is 24.1 Å². The fourth-order valence-corrected chi connectivity index (χ4v) is 3.56. The molecule has 0 saturated carbocycles. The van der Waals surface area contributed by atoms with Crippen LogP contribution in [0.25, 0.3) is 11.1 Å². The van der Waals surface area contributed by atoms with Gasteiger partial charge < -0.3 is 20.7 Å².